The summed E-state index contributed by atoms with van der Waals surface area (Å²) in [6.45, 7) is 1.19. The highest BCUT2D eigenvalue weighted by atomic mass is 16.5. The van der Waals surface area contributed by atoms with Gasteiger partial charge in [-0.05, 0) is 18.8 Å². The molecule has 1 rings (SSSR count). The van der Waals surface area contributed by atoms with Crippen molar-refractivity contribution in [2.45, 2.75) is 25.3 Å². The van der Waals surface area contributed by atoms with Crippen LogP contribution >= 0.6 is 0 Å². The molecule has 1 aliphatic carbocycles. The lowest BCUT2D eigenvalue weighted by Gasteiger charge is -2.13. The van der Waals surface area contributed by atoms with Gasteiger partial charge in [0, 0.05) is 26.2 Å². The number of amides is 2. The number of aliphatic carboxylic acids is 1. The number of carbonyl (C=O) groups excluding carboxylic acids is 1. The van der Waals surface area contributed by atoms with Gasteiger partial charge in [0.1, 0.15) is 6.04 Å². The summed E-state index contributed by atoms with van der Waals surface area (Å²) < 4.78 is 5.31. The highest BCUT2D eigenvalue weighted by Crippen LogP contribution is 2.28. The molecule has 1 aliphatic rings. The molecular weight excluding hydrogens is 240 g/mol. The highest BCUT2D eigenvalue weighted by molar-refractivity contribution is 5.82. The number of aliphatic hydroxyl groups excluding tert-OH is 1. The van der Waals surface area contributed by atoms with Gasteiger partial charge >= 0.3 is 12.0 Å². The van der Waals surface area contributed by atoms with Crippen molar-refractivity contribution in [2.75, 3.05) is 26.4 Å². The summed E-state index contributed by atoms with van der Waals surface area (Å²) in [6, 6.07) is -1.63. The quantitative estimate of drug-likeness (QED) is 0.420. The fourth-order valence-corrected chi connectivity index (χ4v) is 1.37. The predicted molar refractivity (Wildman–Crippen MR) is 63.2 cm³/mol. The van der Waals surface area contributed by atoms with Crippen molar-refractivity contribution in [3.8, 4) is 0 Å². The van der Waals surface area contributed by atoms with E-state index in [1.54, 1.807) is 0 Å². The van der Waals surface area contributed by atoms with Gasteiger partial charge in [0.05, 0.1) is 6.61 Å². The van der Waals surface area contributed by atoms with Crippen LogP contribution in [0.1, 0.15) is 19.3 Å². The molecule has 0 saturated heterocycles. The van der Waals surface area contributed by atoms with Gasteiger partial charge in [0.2, 0.25) is 0 Å². The third kappa shape index (κ3) is 6.41. The molecule has 2 amide bonds. The van der Waals surface area contributed by atoms with Gasteiger partial charge < -0.3 is 25.6 Å². The first-order chi connectivity index (χ1) is 8.63. The lowest BCUT2D eigenvalue weighted by molar-refractivity contribution is -0.139. The van der Waals surface area contributed by atoms with Crippen LogP contribution in [0.5, 0.6) is 0 Å². The van der Waals surface area contributed by atoms with Gasteiger partial charge in [0.15, 0.2) is 0 Å². The first-order valence-electron chi connectivity index (χ1n) is 6.09. The minimum absolute atomic E-state index is 0.0130. The Bertz CT molecular complexity index is 281. The summed E-state index contributed by atoms with van der Waals surface area (Å²) in [5.74, 6) is -0.482. The second-order valence-electron chi connectivity index (χ2n) is 4.32. The van der Waals surface area contributed by atoms with Crippen LogP contribution in [-0.2, 0) is 9.53 Å². The average molecular weight is 260 g/mol. The van der Waals surface area contributed by atoms with Crippen LogP contribution < -0.4 is 10.6 Å². The SMILES string of the molecule is O=C(NCCOCC1CC1)NC(CCO)C(=O)O. The maximum absolute atomic E-state index is 11.3. The summed E-state index contributed by atoms with van der Waals surface area (Å²) in [7, 11) is 0. The van der Waals surface area contributed by atoms with Crippen molar-refractivity contribution in [3.63, 3.8) is 0 Å². The van der Waals surface area contributed by atoms with Gasteiger partial charge in [-0.15, -0.1) is 0 Å². The zero-order valence-corrected chi connectivity index (χ0v) is 10.2. The molecule has 0 aliphatic heterocycles. The molecule has 4 N–H and O–H groups in total. The molecule has 0 aromatic rings. The monoisotopic (exact) mass is 260 g/mol. The van der Waals surface area contributed by atoms with Crippen molar-refractivity contribution >= 4 is 12.0 Å². The number of aliphatic hydroxyl groups is 1. The average Bonchev–Trinajstić information content (AvgIpc) is 3.12. The van der Waals surface area contributed by atoms with Gasteiger partial charge in [-0.1, -0.05) is 0 Å². The predicted octanol–water partition coefficient (Wildman–Crippen LogP) is -0.452. The van der Waals surface area contributed by atoms with Crippen LogP contribution in [0.2, 0.25) is 0 Å². The molecule has 0 aromatic carbocycles. The van der Waals surface area contributed by atoms with E-state index >= 15 is 0 Å². The zero-order chi connectivity index (χ0) is 13.4. The Kier molecular flexibility index (Phi) is 6.45. The zero-order valence-electron chi connectivity index (χ0n) is 10.2. The van der Waals surface area contributed by atoms with Crippen LogP contribution in [-0.4, -0.2) is 54.6 Å². The highest BCUT2D eigenvalue weighted by Gasteiger charge is 2.21. The lowest BCUT2D eigenvalue weighted by atomic mass is 10.2. The Morgan fingerprint density at radius 3 is 2.67 bits per heavy atom. The third-order valence-electron chi connectivity index (χ3n) is 2.60. The van der Waals surface area contributed by atoms with Crippen LogP contribution in [0.25, 0.3) is 0 Å². The van der Waals surface area contributed by atoms with E-state index in [2.05, 4.69) is 10.6 Å². The molecule has 0 heterocycles. The summed E-state index contributed by atoms with van der Waals surface area (Å²) in [4.78, 5) is 22.0. The van der Waals surface area contributed by atoms with E-state index in [1.807, 2.05) is 0 Å². The van der Waals surface area contributed by atoms with E-state index in [1.165, 1.54) is 12.8 Å². The number of carboxylic acids is 1. The number of hydrogen-bond acceptors (Lipinski definition) is 4. The molecule has 1 atom stereocenters. The second-order valence-corrected chi connectivity index (χ2v) is 4.32. The molecular formula is C11H20N2O5. The van der Waals surface area contributed by atoms with Gasteiger partial charge in [-0.2, -0.15) is 0 Å². The van der Waals surface area contributed by atoms with Gasteiger partial charge in [0.25, 0.3) is 0 Å². The van der Waals surface area contributed by atoms with Crippen molar-refractivity contribution in [1.82, 2.24) is 10.6 Å². The number of nitrogens with one attached hydrogen (secondary N) is 2. The molecule has 7 nitrogen and oxygen atoms in total. The largest absolute Gasteiger partial charge is 0.480 e. The Balaban J connectivity index is 2.04. The molecule has 0 spiro atoms. The number of ether oxygens (including phenoxy) is 1. The lowest BCUT2D eigenvalue weighted by Crippen LogP contribution is -2.47. The minimum Gasteiger partial charge on any atom is -0.480 e. The molecule has 0 radical (unpaired) electrons. The van der Waals surface area contributed by atoms with E-state index in [0.717, 1.165) is 6.61 Å². The Morgan fingerprint density at radius 1 is 1.39 bits per heavy atom. The maximum Gasteiger partial charge on any atom is 0.326 e. The number of hydrogen-bond donors (Lipinski definition) is 4. The third-order valence-corrected chi connectivity index (χ3v) is 2.60. The molecule has 7 heteroatoms. The summed E-state index contributed by atoms with van der Waals surface area (Å²) in [5.41, 5.74) is 0. The van der Waals surface area contributed by atoms with E-state index in [4.69, 9.17) is 14.9 Å². The van der Waals surface area contributed by atoms with E-state index in [-0.39, 0.29) is 13.0 Å². The summed E-state index contributed by atoms with van der Waals surface area (Å²) >= 11 is 0. The first kappa shape index (κ1) is 14.7. The molecule has 104 valence electrons. The molecule has 1 unspecified atom stereocenters. The van der Waals surface area contributed by atoms with E-state index in [0.29, 0.717) is 19.1 Å². The van der Waals surface area contributed by atoms with Gasteiger partial charge in [-0.3, -0.25) is 0 Å². The maximum atomic E-state index is 11.3. The molecule has 0 bridgehead atoms. The number of carbonyl (C=O) groups is 2. The van der Waals surface area contributed by atoms with Crippen molar-refractivity contribution in [2.24, 2.45) is 5.92 Å². The summed E-state index contributed by atoms with van der Waals surface area (Å²) in [5, 5.41) is 22.2. The van der Waals surface area contributed by atoms with Crippen LogP contribution in [0.15, 0.2) is 0 Å². The van der Waals surface area contributed by atoms with E-state index < -0.39 is 18.0 Å². The van der Waals surface area contributed by atoms with Crippen LogP contribution in [0.3, 0.4) is 0 Å². The second kappa shape index (κ2) is 7.88. The fourth-order valence-electron chi connectivity index (χ4n) is 1.37. The number of carboxylic acid groups (broad SMARTS) is 1. The molecule has 1 fully saturated rings. The van der Waals surface area contributed by atoms with Crippen LogP contribution in [0.4, 0.5) is 4.79 Å². The first-order valence-corrected chi connectivity index (χ1v) is 6.09. The topological polar surface area (TPSA) is 108 Å². The van der Waals surface area contributed by atoms with Crippen molar-refractivity contribution in [3.05, 3.63) is 0 Å². The standard InChI is InChI=1S/C11H20N2O5/c14-5-3-9(10(15)16)13-11(17)12-4-6-18-7-8-1-2-8/h8-9,14H,1-7H2,(H,15,16)(H2,12,13,17). The smallest absolute Gasteiger partial charge is 0.326 e. The number of urea groups is 1. The molecule has 18 heavy (non-hydrogen) atoms. The van der Waals surface area contributed by atoms with Crippen molar-refractivity contribution < 1.29 is 24.5 Å². The fraction of sp³-hybridized carbons (Fsp3) is 0.818. The minimum atomic E-state index is -1.16. The van der Waals surface area contributed by atoms with Crippen LogP contribution in [0, 0.1) is 5.92 Å². The number of rotatable bonds is 9. The summed E-state index contributed by atoms with van der Waals surface area (Å²) in [6.07, 6.45) is 2.42. The normalized spacial score (nSPS) is 16.1. The molecule has 1 saturated carbocycles. The Labute approximate surface area is 106 Å². The van der Waals surface area contributed by atoms with Crippen molar-refractivity contribution in [1.29, 1.82) is 0 Å². The van der Waals surface area contributed by atoms with Gasteiger partial charge in [-0.25, -0.2) is 9.59 Å². The Hall–Kier alpha value is -1.34. The Morgan fingerprint density at radius 2 is 2.11 bits per heavy atom. The molecule has 0 aromatic heterocycles. The van der Waals surface area contributed by atoms with E-state index in [9.17, 15) is 9.59 Å².